The summed E-state index contributed by atoms with van der Waals surface area (Å²) >= 11 is 2.98. The summed E-state index contributed by atoms with van der Waals surface area (Å²) in [7, 11) is 0. The maximum absolute atomic E-state index is 12.3. The quantitative estimate of drug-likeness (QED) is 0.773. The van der Waals surface area contributed by atoms with Crippen LogP contribution in [-0.2, 0) is 17.6 Å². The Morgan fingerprint density at radius 2 is 1.94 bits per heavy atom. The average molecular weight is 325 g/mol. The number of hydrogen-bond donors (Lipinski definition) is 0. The van der Waals surface area contributed by atoms with Crippen molar-refractivity contribution in [3.8, 4) is 5.75 Å². The van der Waals surface area contributed by atoms with Crippen molar-refractivity contribution in [1.29, 1.82) is 0 Å². The molecule has 6 heteroatoms. The summed E-state index contributed by atoms with van der Waals surface area (Å²) in [6, 6.07) is 4.66. The molecule has 0 radical (unpaired) electrons. The molecule has 1 aromatic rings. The van der Waals surface area contributed by atoms with Crippen molar-refractivity contribution in [3.05, 3.63) is 29.3 Å². The number of benzene rings is 1. The first-order valence-electron chi connectivity index (χ1n) is 5.31. The SMILES string of the molecule is CCc1cccc(CC(=O)CBr)c1OC(F)(F)F. The van der Waals surface area contributed by atoms with Crippen molar-refractivity contribution in [1.82, 2.24) is 0 Å². The van der Waals surface area contributed by atoms with E-state index in [0.29, 0.717) is 12.0 Å². The topological polar surface area (TPSA) is 26.3 Å². The van der Waals surface area contributed by atoms with Crippen LogP contribution >= 0.6 is 15.9 Å². The minimum atomic E-state index is -4.75. The highest BCUT2D eigenvalue weighted by Crippen LogP contribution is 2.31. The maximum Gasteiger partial charge on any atom is 0.573 e. The van der Waals surface area contributed by atoms with E-state index < -0.39 is 6.36 Å². The number of para-hydroxylation sites is 1. The summed E-state index contributed by atoms with van der Waals surface area (Å²) < 4.78 is 41.1. The third-order valence-corrected chi connectivity index (χ3v) is 2.94. The smallest absolute Gasteiger partial charge is 0.405 e. The molecule has 0 aromatic heterocycles. The minimum absolute atomic E-state index is 0.0789. The van der Waals surface area contributed by atoms with Crippen LogP contribution in [-0.4, -0.2) is 17.5 Å². The van der Waals surface area contributed by atoms with E-state index in [9.17, 15) is 18.0 Å². The molecule has 0 aliphatic carbocycles. The van der Waals surface area contributed by atoms with Crippen LogP contribution < -0.4 is 4.74 Å². The Kier molecular flexibility index (Phi) is 5.19. The van der Waals surface area contributed by atoms with Crippen molar-refractivity contribution in [2.45, 2.75) is 26.1 Å². The molecule has 0 N–H and O–H groups in total. The molecule has 2 nitrogen and oxygen atoms in total. The van der Waals surface area contributed by atoms with Gasteiger partial charge in [-0.25, -0.2) is 0 Å². The molecule has 0 heterocycles. The number of halogens is 4. The Morgan fingerprint density at radius 1 is 1.33 bits per heavy atom. The zero-order chi connectivity index (χ0) is 13.8. The highest BCUT2D eigenvalue weighted by atomic mass is 79.9. The zero-order valence-corrected chi connectivity index (χ0v) is 11.3. The number of aryl methyl sites for hydroxylation is 1. The number of carbonyl (C=O) groups is 1. The molecule has 0 aliphatic rings. The van der Waals surface area contributed by atoms with Gasteiger partial charge < -0.3 is 4.74 Å². The van der Waals surface area contributed by atoms with Crippen LogP contribution in [0.1, 0.15) is 18.1 Å². The first kappa shape index (κ1) is 15.0. The molecule has 0 saturated heterocycles. The fourth-order valence-corrected chi connectivity index (χ4v) is 1.76. The summed E-state index contributed by atoms with van der Waals surface area (Å²) in [5.74, 6) is -0.447. The Labute approximate surface area is 111 Å². The lowest BCUT2D eigenvalue weighted by Crippen LogP contribution is -2.20. The summed E-state index contributed by atoms with van der Waals surface area (Å²) in [4.78, 5) is 11.3. The van der Waals surface area contributed by atoms with E-state index in [4.69, 9.17) is 0 Å². The van der Waals surface area contributed by atoms with E-state index in [1.807, 2.05) is 0 Å². The number of Topliss-reactive ketones (excluding diaryl/α,β-unsaturated/α-hetero) is 1. The van der Waals surface area contributed by atoms with Gasteiger partial charge in [0.25, 0.3) is 0 Å². The lowest BCUT2D eigenvalue weighted by atomic mass is 10.0. The van der Waals surface area contributed by atoms with Crippen LogP contribution in [0.2, 0.25) is 0 Å². The Hall–Kier alpha value is -1.04. The second kappa shape index (κ2) is 6.22. The van der Waals surface area contributed by atoms with Crippen LogP contribution in [0, 0.1) is 0 Å². The molecule has 0 amide bonds. The van der Waals surface area contributed by atoms with Gasteiger partial charge in [-0.05, 0) is 12.0 Å². The predicted octanol–water partition coefficient (Wildman–Crippen LogP) is 3.65. The van der Waals surface area contributed by atoms with Crippen LogP contribution in [0.15, 0.2) is 18.2 Å². The van der Waals surface area contributed by atoms with E-state index in [-0.39, 0.29) is 28.8 Å². The predicted molar refractivity (Wildman–Crippen MR) is 65.0 cm³/mol. The third-order valence-electron chi connectivity index (χ3n) is 2.31. The number of rotatable bonds is 5. The molecule has 0 saturated carbocycles. The number of alkyl halides is 4. The number of ketones is 1. The van der Waals surface area contributed by atoms with E-state index in [1.165, 1.54) is 6.07 Å². The van der Waals surface area contributed by atoms with Crippen molar-refractivity contribution in [2.75, 3.05) is 5.33 Å². The molecule has 0 unspecified atom stereocenters. The molecule has 0 bridgehead atoms. The van der Waals surface area contributed by atoms with Gasteiger partial charge in [0.2, 0.25) is 0 Å². The second-order valence-corrected chi connectivity index (χ2v) is 4.22. The fourth-order valence-electron chi connectivity index (χ4n) is 1.56. The van der Waals surface area contributed by atoms with Crippen molar-refractivity contribution >= 4 is 21.7 Å². The first-order chi connectivity index (χ1) is 8.37. The number of carbonyl (C=O) groups excluding carboxylic acids is 1. The van der Waals surface area contributed by atoms with Gasteiger partial charge in [-0.2, -0.15) is 0 Å². The Bertz CT molecular complexity index is 430. The largest absolute Gasteiger partial charge is 0.573 e. The molecule has 0 spiro atoms. The number of hydrogen-bond acceptors (Lipinski definition) is 2. The van der Waals surface area contributed by atoms with Crippen molar-refractivity contribution < 1.29 is 22.7 Å². The first-order valence-corrected chi connectivity index (χ1v) is 6.43. The van der Waals surface area contributed by atoms with E-state index >= 15 is 0 Å². The number of ether oxygens (including phenoxy) is 1. The van der Waals surface area contributed by atoms with Gasteiger partial charge in [-0.15, -0.1) is 13.2 Å². The van der Waals surface area contributed by atoms with Crippen molar-refractivity contribution in [2.24, 2.45) is 0 Å². The highest BCUT2D eigenvalue weighted by molar-refractivity contribution is 9.09. The molecule has 0 fully saturated rings. The van der Waals surface area contributed by atoms with Crippen LogP contribution in [0.25, 0.3) is 0 Å². The lowest BCUT2D eigenvalue weighted by molar-refractivity contribution is -0.275. The molecule has 0 atom stereocenters. The maximum atomic E-state index is 12.3. The van der Waals surface area contributed by atoms with Gasteiger partial charge in [0, 0.05) is 12.0 Å². The Morgan fingerprint density at radius 3 is 2.44 bits per heavy atom. The van der Waals surface area contributed by atoms with Gasteiger partial charge in [0.1, 0.15) is 11.5 Å². The van der Waals surface area contributed by atoms with Crippen LogP contribution in [0.3, 0.4) is 0 Å². The molecule has 1 rings (SSSR count). The normalized spacial score (nSPS) is 11.4. The Balaban J connectivity index is 3.12. The average Bonchev–Trinajstić information content (AvgIpc) is 2.29. The highest BCUT2D eigenvalue weighted by Gasteiger charge is 2.33. The van der Waals surface area contributed by atoms with Gasteiger partial charge in [-0.3, -0.25) is 4.79 Å². The summed E-state index contributed by atoms with van der Waals surface area (Å²) in [6.45, 7) is 1.73. The third kappa shape index (κ3) is 4.33. The van der Waals surface area contributed by atoms with Crippen molar-refractivity contribution in [3.63, 3.8) is 0 Å². The molecular formula is C12H12BrF3O2. The van der Waals surface area contributed by atoms with E-state index in [0.717, 1.165) is 0 Å². The molecule has 1 aromatic carbocycles. The molecular weight excluding hydrogens is 313 g/mol. The van der Waals surface area contributed by atoms with Gasteiger partial charge in [0.15, 0.2) is 0 Å². The minimum Gasteiger partial charge on any atom is -0.405 e. The molecule has 0 aliphatic heterocycles. The zero-order valence-electron chi connectivity index (χ0n) is 9.68. The van der Waals surface area contributed by atoms with Gasteiger partial charge >= 0.3 is 6.36 Å². The fraction of sp³-hybridized carbons (Fsp3) is 0.417. The summed E-state index contributed by atoms with van der Waals surface area (Å²) in [5, 5.41) is 0.106. The standard InChI is InChI=1S/C12H12BrF3O2/c1-2-8-4-3-5-9(6-10(17)7-13)11(8)18-12(14,15)16/h3-5H,2,6-7H2,1H3. The second-order valence-electron chi connectivity index (χ2n) is 3.66. The van der Waals surface area contributed by atoms with Gasteiger partial charge in [0.05, 0.1) is 5.33 Å². The monoisotopic (exact) mass is 324 g/mol. The van der Waals surface area contributed by atoms with E-state index in [2.05, 4.69) is 20.7 Å². The summed E-state index contributed by atoms with van der Waals surface area (Å²) in [6.07, 6.45) is -4.43. The molecule has 18 heavy (non-hydrogen) atoms. The van der Waals surface area contributed by atoms with E-state index in [1.54, 1.807) is 19.1 Å². The van der Waals surface area contributed by atoms with Crippen LogP contribution in [0.5, 0.6) is 5.75 Å². The van der Waals surface area contributed by atoms with Crippen LogP contribution in [0.4, 0.5) is 13.2 Å². The van der Waals surface area contributed by atoms with Gasteiger partial charge in [-0.1, -0.05) is 41.1 Å². The summed E-state index contributed by atoms with van der Waals surface area (Å²) in [5.41, 5.74) is 0.698. The molecule has 100 valence electrons. The lowest BCUT2D eigenvalue weighted by Gasteiger charge is -2.16.